The predicted octanol–water partition coefficient (Wildman–Crippen LogP) is 5.03. The van der Waals surface area contributed by atoms with E-state index in [1.54, 1.807) is 12.0 Å². The summed E-state index contributed by atoms with van der Waals surface area (Å²) in [7, 11) is 3.85. The van der Waals surface area contributed by atoms with Gasteiger partial charge in [0.1, 0.15) is 19.0 Å². The molecule has 3 aliphatic heterocycles. The van der Waals surface area contributed by atoms with Gasteiger partial charge in [-0.1, -0.05) is 66.7 Å². The molecule has 2 saturated heterocycles. The second-order valence-electron chi connectivity index (χ2n) is 13.1. The van der Waals surface area contributed by atoms with Crippen molar-refractivity contribution in [2.24, 2.45) is 0 Å². The highest BCUT2D eigenvalue weighted by molar-refractivity contribution is 5.94. The Bertz CT molecular complexity index is 1810. The molecule has 3 atom stereocenters. The minimum atomic E-state index is -0.404. The van der Waals surface area contributed by atoms with Gasteiger partial charge in [-0.15, -0.1) is 0 Å². The van der Waals surface area contributed by atoms with Crippen molar-refractivity contribution in [1.29, 1.82) is 5.26 Å². The van der Waals surface area contributed by atoms with Crippen LogP contribution in [0.4, 0.5) is 16.3 Å². The summed E-state index contributed by atoms with van der Waals surface area (Å²) in [5.41, 5.74) is 4.14. The van der Waals surface area contributed by atoms with Crippen molar-refractivity contribution in [3.8, 4) is 12.1 Å². The number of hydrogen-bond acceptors (Lipinski definition) is 10. The summed E-state index contributed by atoms with van der Waals surface area (Å²) in [4.78, 5) is 31.8. The van der Waals surface area contributed by atoms with Crippen molar-refractivity contribution in [3.05, 3.63) is 89.6 Å². The number of nitriles is 1. The number of amides is 1. The molecule has 0 N–H and O–H groups in total. The Balaban J connectivity index is 1.15. The highest BCUT2D eigenvalue weighted by atomic mass is 16.6. The molecule has 0 spiro atoms. The summed E-state index contributed by atoms with van der Waals surface area (Å²) in [5, 5.41) is 12.2. The third kappa shape index (κ3) is 7.12. The molecule has 4 aromatic rings. The third-order valence-electron chi connectivity index (χ3n) is 10.1. The van der Waals surface area contributed by atoms with Gasteiger partial charge >= 0.3 is 12.1 Å². The first-order valence-electron chi connectivity index (χ1n) is 17.1. The van der Waals surface area contributed by atoms with E-state index in [9.17, 15) is 10.1 Å². The summed E-state index contributed by atoms with van der Waals surface area (Å²) in [6.45, 7) is 4.38. The van der Waals surface area contributed by atoms with Crippen LogP contribution in [-0.4, -0.2) is 97.5 Å². The number of rotatable bonds is 9. The van der Waals surface area contributed by atoms with Gasteiger partial charge in [0.2, 0.25) is 0 Å². The molecule has 11 nitrogen and oxygen atoms in total. The number of anilines is 2. The van der Waals surface area contributed by atoms with Gasteiger partial charge in [0.15, 0.2) is 0 Å². The number of likely N-dealkylation sites (N-methyl/N-ethyl adjacent to an activating group) is 1. The van der Waals surface area contributed by atoms with Crippen LogP contribution >= 0.6 is 0 Å². The van der Waals surface area contributed by atoms with Crippen molar-refractivity contribution in [2.45, 2.75) is 50.6 Å². The minimum absolute atomic E-state index is 0.181. The summed E-state index contributed by atoms with van der Waals surface area (Å²) >= 11 is 0. The highest BCUT2D eigenvalue weighted by Gasteiger charge is 2.35. The zero-order valence-electron chi connectivity index (χ0n) is 28.2. The van der Waals surface area contributed by atoms with Crippen LogP contribution in [0.15, 0.2) is 72.8 Å². The number of carbonyl (C=O) groups excluding carboxylic acids is 1. The van der Waals surface area contributed by atoms with E-state index in [1.807, 2.05) is 30.3 Å². The first kappa shape index (κ1) is 32.6. The van der Waals surface area contributed by atoms with Crippen molar-refractivity contribution in [2.75, 3.05) is 63.3 Å². The Kier molecular flexibility index (Phi) is 9.77. The van der Waals surface area contributed by atoms with Gasteiger partial charge in [0.25, 0.3) is 0 Å². The number of hydrogen-bond donors (Lipinski definition) is 0. The largest absolute Gasteiger partial charge is 0.462 e. The molecule has 1 amide bonds. The van der Waals surface area contributed by atoms with Crippen LogP contribution in [0.5, 0.6) is 6.01 Å². The van der Waals surface area contributed by atoms with E-state index in [0.717, 1.165) is 48.6 Å². The second kappa shape index (κ2) is 14.7. The Labute approximate surface area is 287 Å². The fourth-order valence-electron chi connectivity index (χ4n) is 7.34. The van der Waals surface area contributed by atoms with Crippen molar-refractivity contribution >= 4 is 28.4 Å². The number of nitrogens with zero attached hydrogens (tertiary/aromatic N) is 7. The van der Waals surface area contributed by atoms with E-state index in [-0.39, 0.29) is 31.2 Å². The van der Waals surface area contributed by atoms with Crippen LogP contribution in [0, 0.1) is 11.3 Å². The third-order valence-corrected chi connectivity index (χ3v) is 10.1. The van der Waals surface area contributed by atoms with Crippen molar-refractivity contribution in [3.63, 3.8) is 0 Å². The lowest BCUT2D eigenvalue weighted by atomic mass is 10.0. The van der Waals surface area contributed by atoms with Crippen molar-refractivity contribution in [1.82, 2.24) is 19.8 Å². The first-order valence-corrected chi connectivity index (χ1v) is 17.1. The number of ether oxygens (including phenoxy) is 3. The number of benzene rings is 3. The Morgan fingerprint density at radius 1 is 0.939 bits per heavy atom. The van der Waals surface area contributed by atoms with Crippen LogP contribution in [0.25, 0.3) is 10.8 Å². The van der Waals surface area contributed by atoms with Gasteiger partial charge in [-0.25, -0.2) is 4.79 Å². The van der Waals surface area contributed by atoms with E-state index in [1.165, 1.54) is 16.5 Å². The predicted molar refractivity (Wildman–Crippen MR) is 188 cm³/mol. The minimum Gasteiger partial charge on any atom is -0.462 e. The average molecular weight is 662 g/mol. The number of piperazine rings is 1. The summed E-state index contributed by atoms with van der Waals surface area (Å²) in [5.74, 6) is 0.826. The van der Waals surface area contributed by atoms with E-state index >= 15 is 0 Å². The van der Waals surface area contributed by atoms with Crippen LogP contribution in [0.1, 0.15) is 29.7 Å². The van der Waals surface area contributed by atoms with Crippen LogP contribution in [0.3, 0.4) is 0 Å². The maximum atomic E-state index is 13.2. The molecule has 3 aliphatic rings. The molecule has 49 heavy (non-hydrogen) atoms. The number of aromatic nitrogens is 2. The maximum Gasteiger partial charge on any atom is 0.410 e. The molecule has 0 aliphatic carbocycles. The van der Waals surface area contributed by atoms with Gasteiger partial charge < -0.3 is 28.9 Å². The SMILES string of the molecule is CO[C@@H]1C[C@@H](COc2nc3c(c(N4CCN(C(=O)OCc5ccccc5)[C@@H](CC#N)C4)n2)CCN(c2cccc4ccccc24)C3)N(C)C1. The fourth-order valence-corrected chi connectivity index (χ4v) is 7.34. The zero-order valence-corrected chi connectivity index (χ0v) is 28.2. The molecule has 1 aromatic heterocycles. The van der Waals surface area contributed by atoms with E-state index in [2.05, 4.69) is 70.3 Å². The van der Waals surface area contributed by atoms with Gasteiger partial charge in [-0.3, -0.25) is 4.90 Å². The molecule has 2 fully saturated rings. The normalized spacial score (nSPS) is 21.0. The quantitative estimate of drug-likeness (QED) is 0.242. The highest BCUT2D eigenvalue weighted by Crippen LogP contribution is 2.35. The standard InChI is InChI=1S/C38H43N7O4/c1-42-23-31(47-2)21-30(42)26-48-37-40-34-24-43(35-14-8-12-28-11-6-7-13-32(28)35)18-16-33(34)36(41-37)44-19-20-45(29(22-44)15-17-39)38(46)49-25-27-9-4-3-5-10-27/h3-14,29-31H,15-16,18-26H2,1-2H3/t29-,30-,31+/m0/s1. The molecule has 0 saturated carbocycles. The number of likely N-dealkylation sites (tertiary alicyclic amines) is 1. The summed E-state index contributed by atoms with van der Waals surface area (Å²) in [6.07, 6.45) is 1.62. The molecule has 254 valence electrons. The van der Waals surface area contributed by atoms with Gasteiger partial charge in [0.05, 0.1) is 36.9 Å². The van der Waals surface area contributed by atoms with Gasteiger partial charge in [-0.05, 0) is 36.9 Å². The molecular formula is C38H43N7O4. The smallest absolute Gasteiger partial charge is 0.410 e. The molecule has 0 bridgehead atoms. The second-order valence-corrected chi connectivity index (χ2v) is 13.1. The molecule has 11 heteroatoms. The van der Waals surface area contributed by atoms with Crippen LogP contribution in [0.2, 0.25) is 0 Å². The average Bonchev–Trinajstić information content (AvgIpc) is 3.51. The van der Waals surface area contributed by atoms with E-state index in [4.69, 9.17) is 24.2 Å². The monoisotopic (exact) mass is 661 g/mol. The van der Waals surface area contributed by atoms with Gasteiger partial charge in [0, 0.05) is 62.5 Å². The lowest BCUT2D eigenvalue weighted by molar-refractivity contribution is 0.0767. The Hall–Kier alpha value is -4.92. The topological polar surface area (TPSA) is 107 Å². The maximum absolute atomic E-state index is 13.2. The lowest BCUT2D eigenvalue weighted by Gasteiger charge is -2.42. The number of carbonyl (C=O) groups is 1. The van der Waals surface area contributed by atoms with Crippen LogP contribution < -0.4 is 14.5 Å². The van der Waals surface area contributed by atoms with Crippen LogP contribution in [-0.2, 0) is 29.0 Å². The fraction of sp³-hybridized carbons (Fsp3) is 0.421. The molecular weight excluding hydrogens is 618 g/mol. The lowest BCUT2D eigenvalue weighted by Crippen LogP contribution is -2.55. The Morgan fingerprint density at radius 2 is 1.76 bits per heavy atom. The summed E-state index contributed by atoms with van der Waals surface area (Å²) < 4.78 is 17.7. The first-order chi connectivity index (χ1) is 24.0. The zero-order chi connectivity index (χ0) is 33.7. The Morgan fingerprint density at radius 3 is 2.57 bits per heavy atom. The molecule has 7 rings (SSSR count). The molecule has 3 aromatic carbocycles. The molecule has 4 heterocycles. The summed E-state index contributed by atoms with van der Waals surface area (Å²) in [6, 6.07) is 27.0. The van der Waals surface area contributed by atoms with Crippen molar-refractivity contribution < 1.29 is 19.0 Å². The molecule has 0 radical (unpaired) electrons. The van der Waals surface area contributed by atoms with Gasteiger partial charge in [-0.2, -0.15) is 15.2 Å². The van der Waals surface area contributed by atoms with E-state index < -0.39 is 6.09 Å². The molecule has 0 unspecified atom stereocenters. The van der Waals surface area contributed by atoms with E-state index in [0.29, 0.717) is 38.8 Å². The number of fused-ring (bicyclic) bond motifs is 2. The number of methoxy groups -OCH3 is 1.